The molecule has 100 valence electrons. The third-order valence-corrected chi connectivity index (χ3v) is 3.47. The molecule has 1 aromatic heterocycles. The zero-order valence-electron chi connectivity index (χ0n) is 11.4. The van der Waals surface area contributed by atoms with Gasteiger partial charge in [0.2, 0.25) is 0 Å². The number of anilines is 2. The van der Waals surface area contributed by atoms with Crippen molar-refractivity contribution >= 4 is 22.3 Å². The van der Waals surface area contributed by atoms with E-state index in [-0.39, 0.29) is 5.56 Å². The number of hydrogen-bond acceptors (Lipinski definition) is 3. The van der Waals surface area contributed by atoms with E-state index >= 15 is 0 Å². The van der Waals surface area contributed by atoms with Gasteiger partial charge in [0, 0.05) is 11.1 Å². The molecule has 0 aliphatic heterocycles. The lowest BCUT2D eigenvalue weighted by Crippen LogP contribution is -2.10. The molecular weight excluding hydrogens is 250 g/mol. The first-order chi connectivity index (χ1) is 9.65. The van der Waals surface area contributed by atoms with E-state index < -0.39 is 0 Å². The van der Waals surface area contributed by atoms with Gasteiger partial charge < -0.3 is 5.32 Å². The standard InChI is InChI=1S/C16H15N3O/c1-10-7-8-12(9-11(10)2)17-15-13-5-3-4-6-14(13)16(20)19-18-15/h3-9H,1-2H3,(H,17,18)(H,19,20). The average molecular weight is 265 g/mol. The zero-order chi connectivity index (χ0) is 14.1. The molecule has 2 aromatic carbocycles. The van der Waals surface area contributed by atoms with E-state index in [1.165, 1.54) is 11.1 Å². The maximum Gasteiger partial charge on any atom is 0.272 e. The lowest BCUT2D eigenvalue weighted by atomic mass is 10.1. The second-order valence-electron chi connectivity index (χ2n) is 4.87. The van der Waals surface area contributed by atoms with Crippen molar-refractivity contribution in [3.8, 4) is 0 Å². The van der Waals surface area contributed by atoms with E-state index in [9.17, 15) is 4.79 Å². The smallest absolute Gasteiger partial charge is 0.272 e. The monoisotopic (exact) mass is 265 g/mol. The molecule has 2 N–H and O–H groups in total. The van der Waals surface area contributed by atoms with E-state index in [1.54, 1.807) is 6.07 Å². The Morgan fingerprint density at radius 1 is 1.00 bits per heavy atom. The number of aromatic nitrogens is 2. The average Bonchev–Trinajstić information content (AvgIpc) is 2.46. The number of rotatable bonds is 2. The van der Waals surface area contributed by atoms with Crippen molar-refractivity contribution in [1.82, 2.24) is 10.2 Å². The van der Waals surface area contributed by atoms with Crippen molar-refractivity contribution in [2.75, 3.05) is 5.32 Å². The van der Waals surface area contributed by atoms with Crippen LogP contribution in [-0.4, -0.2) is 10.2 Å². The predicted octanol–water partition coefficient (Wildman–Crippen LogP) is 3.28. The molecular formula is C16H15N3O. The Morgan fingerprint density at radius 3 is 2.50 bits per heavy atom. The van der Waals surface area contributed by atoms with Gasteiger partial charge >= 0.3 is 0 Å². The minimum absolute atomic E-state index is 0.175. The van der Waals surface area contributed by atoms with Gasteiger partial charge in [-0.3, -0.25) is 4.79 Å². The first kappa shape index (κ1) is 12.4. The Morgan fingerprint density at radius 2 is 1.75 bits per heavy atom. The lowest BCUT2D eigenvalue weighted by molar-refractivity contribution is 1.02. The summed E-state index contributed by atoms with van der Waals surface area (Å²) in [6.45, 7) is 4.14. The van der Waals surface area contributed by atoms with Gasteiger partial charge in [0.15, 0.2) is 5.82 Å². The van der Waals surface area contributed by atoms with Crippen LogP contribution in [0.3, 0.4) is 0 Å². The molecule has 0 amide bonds. The van der Waals surface area contributed by atoms with E-state index in [0.717, 1.165) is 11.1 Å². The molecule has 0 fully saturated rings. The summed E-state index contributed by atoms with van der Waals surface area (Å²) in [5.41, 5.74) is 3.24. The van der Waals surface area contributed by atoms with Crippen molar-refractivity contribution < 1.29 is 0 Å². The van der Waals surface area contributed by atoms with Gasteiger partial charge in [-0.15, -0.1) is 0 Å². The first-order valence-corrected chi connectivity index (χ1v) is 6.47. The van der Waals surface area contributed by atoms with E-state index in [0.29, 0.717) is 11.2 Å². The normalized spacial score (nSPS) is 10.7. The molecule has 3 aromatic rings. The van der Waals surface area contributed by atoms with Crippen molar-refractivity contribution in [3.63, 3.8) is 0 Å². The Balaban J connectivity index is 2.09. The number of hydrogen-bond donors (Lipinski definition) is 2. The molecule has 0 atom stereocenters. The minimum atomic E-state index is -0.175. The summed E-state index contributed by atoms with van der Waals surface area (Å²) in [5.74, 6) is 0.656. The van der Waals surface area contributed by atoms with E-state index in [4.69, 9.17) is 0 Å². The van der Waals surface area contributed by atoms with E-state index in [1.807, 2.05) is 24.3 Å². The van der Waals surface area contributed by atoms with Gasteiger partial charge in [-0.25, -0.2) is 5.10 Å². The maximum absolute atomic E-state index is 11.7. The largest absolute Gasteiger partial charge is 0.338 e. The Bertz CT molecular complexity index is 836. The van der Waals surface area contributed by atoms with Crippen molar-refractivity contribution in [1.29, 1.82) is 0 Å². The molecule has 0 saturated heterocycles. The number of H-pyrrole nitrogens is 1. The Hall–Kier alpha value is -2.62. The molecule has 4 heteroatoms. The van der Waals surface area contributed by atoms with Crippen LogP contribution < -0.4 is 10.9 Å². The number of nitrogens with one attached hydrogen (secondary N) is 2. The van der Waals surface area contributed by atoms with E-state index in [2.05, 4.69) is 41.5 Å². The van der Waals surface area contributed by atoms with Gasteiger partial charge in [0.25, 0.3) is 5.56 Å². The summed E-state index contributed by atoms with van der Waals surface area (Å²) in [5, 5.41) is 11.3. The second-order valence-corrected chi connectivity index (χ2v) is 4.87. The second kappa shape index (κ2) is 4.81. The van der Waals surface area contributed by atoms with Crippen molar-refractivity contribution in [2.45, 2.75) is 13.8 Å². The van der Waals surface area contributed by atoms with Gasteiger partial charge in [-0.05, 0) is 43.2 Å². The quantitative estimate of drug-likeness (QED) is 0.747. The molecule has 0 bridgehead atoms. The summed E-state index contributed by atoms with van der Waals surface area (Å²) in [6, 6.07) is 13.6. The number of nitrogens with zero attached hydrogens (tertiary/aromatic N) is 1. The van der Waals surface area contributed by atoms with Gasteiger partial charge in [-0.1, -0.05) is 24.3 Å². The maximum atomic E-state index is 11.7. The van der Waals surface area contributed by atoms with Crippen LogP contribution in [0.2, 0.25) is 0 Å². The SMILES string of the molecule is Cc1ccc(Nc2n[nH]c(=O)c3ccccc23)cc1C. The molecule has 3 rings (SSSR count). The molecule has 20 heavy (non-hydrogen) atoms. The molecule has 4 nitrogen and oxygen atoms in total. The summed E-state index contributed by atoms with van der Waals surface area (Å²) in [4.78, 5) is 11.7. The van der Waals surface area contributed by atoms with Crippen LogP contribution in [0.15, 0.2) is 47.3 Å². The number of fused-ring (bicyclic) bond motifs is 1. The molecule has 1 heterocycles. The number of aryl methyl sites for hydroxylation is 2. The number of aromatic amines is 1. The van der Waals surface area contributed by atoms with Crippen molar-refractivity contribution in [2.24, 2.45) is 0 Å². The highest BCUT2D eigenvalue weighted by molar-refractivity contribution is 5.92. The zero-order valence-corrected chi connectivity index (χ0v) is 11.4. The highest BCUT2D eigenvalue weighted by atomic mass is 16.1. The lowest BCUT2D eigenvalue weighted by Gasteiger charge is -2.09. The molecule has 0 radical (unpaired) electrons. The molecule has 0 saturated carbocycles. The van der Waals surface area contributed by atoms with Crippen LogP contribution in [0.5, 0.6) is 0 Å². The van der Waals surface area contributed by atoms with Crippen LogP contribution in [0, 0.1) is 13.8 Å². The summed E-state index contributed by atoms with van der Waals surface area (Å²) < 4.78 is 0. The third-order valence-electron chi connectivity index (χ3n) is 3.47. The molecule has 0 aliphatic rings. The van der Waals surface area contributed by atoms with Crippen LogP contribution in [-0.2, 0) is 0 Å². The van der Waals surface area contributed by atoms with Crippen LogP contribution in [0.25, 0.3) is 10.8 Å². The van der Waals surface area contributed by atoms with Gasteiger partial charge in [0.1, 0.15) is 0 Å². The first-order valence-electron chi connectivity index (χ1n) is 6.47. The Kier molecular flexibility index (Phi) is 2.99. The van der Waals surface area contributed by atoms with Crippen LogP contribution in [0.1, 0.15) is 11.1 Å². The van der Waals surface area contributed by atoms with Gasteiger partial charge in [-0.2, -0.15) is 5.10 Å². The molecule has 0 unspecified atom stereocenters. The highest BCUT2D eigenvalue weighted by Crippen LogP contribution is 2.22. The highest BCUT2D eigenvalue weighted by Gasteiger charge is 2.06. The van der Waals surface area contributed by atoms with Crippen LogP contribution in [0.4, 0.5) is 11.5 Å². The number of benzene rings is 2. The van der Waals surface area contributed by atoms with Crippen LogP contribution >= 0.6 is 0 Å². The fourth-order valence-electron chi connectivity index (χ4n) is 2.17. The molecule has 0 spiro atoms. The fourth-order valence-corrected chi connectivity index (χ4v) is 2.17. The predicted molar refractivity (Wildman–Crippen MR) is 81.6 cm³/mol. The van der Waals surface area contributed by atoms with Gasteiger partial charge in [0.05, 0.1) is 5.39 Å². The Labute approximate surface area is 116 Å². The minimum Gasteiger partial charge on any atom is -0.338 e. The summed E-state index contributed by atoms with van der Waals surface area (Å²) in [6.07, 6.45) is 0. The van der Waals surface area contributed by atoms with Crippen molar-refractivity contribution in [3.05, 3.63) is 63.9 Å². The molecule has 0 aliphatic carbocycles. The fraction of sp³-hybridized carbons (Fsp3) is 0.125. The third kappa shape index (κ3) is 2.16. The summed E-state index contributed by atoms with van der Waals surface area (Å²) >= 11 is 0. The topological polar surface area (TPSA) is 57.8 Å². The summed E-state index contributed by atoms with van der Waals surface area (Å²) in [7, 11) is 0.